The predicted molar refractivity (Wildman–Crippen MR) is 104 cm³/mol. The summed E-state index contributed by atoms with van der Waals surface area (Å²) in [6, 6.07) is 15.2. The molecule has 2 aromatic carbocycles. The van der Waals surface area contributed by atoms with E-state index in [1.807, 2.05) is 62.4 Å². The second-order valence-corrected chi connectivity index (χ2v) is 7.03. The van der Waals surface area contributed by atoms with Crippen molar-refractivity contribution in [2.45, 2.75) is 20.3 Å². The molecule has 0 radical (unpaired) electrons. The van der Waals surface area contributed by atoms with E-state index in [0.717, 1.165) is 17.5 Å². The number of halogens is 2. The van der Waals surface area contributed by atoms with Crippen LogP contribution in [0.3, 0.4) is 0 Å². The molecule has 0 aromatic heterocycles. The topological polar surface area (TPSA) is 34.1 Å². The van der Waals surface area contributed by atoms with Crippen molar-refractivity contribution >= 4 is 34.8 Å². The molecule has 0 aliphatic carbocycles. The third kappa shape index (κ3) is 5.17. The zero-order valence-corrected chi connectivity index (χ0v) is 16.0. The molecule has 0 N–H and O–H groups in total. The quantitative estimate of drug-likeness (QED) is 0.456. The molecule has 0 aliphatic rings. The summed E-state index contributed by atoms with van der Waals surface area (Å²) in [6.45, 7) is 3.66. The fourth-order valence-electron chi connectivity index (χ4n) is 2.52. The summed E-state index contributed by atoms with van der Waals surface area (Å²) in [5.74, 6) is 0.443. The highest BCUT2D eigenvalue weighted by atomic mass is 35.5. The molecule has 0 fully saturated rings. The SMILES string of the molecule is CC(CCl)C(=O)c1ccc(Cc2ccc(C(=O)C(C)CCl)cc2)cc1. The number of hydrogen-bond donors (Lipinski definition) is 0. The lowest BCUT2D eigenvalue weighted by Gasteiger charge is -2.09. The minimum atomic E-state index is -0.173. The molecule has 2 nitrogen and oxygen atoms in total. The van der Waals surface area contributed by atoms with Crippen molar-refractivity contribution in [2.75, 3.05) is 11.8 Å². The van der Waals surface area contributed by atoms with Gasteiger partial charge in [0.1, 0.15) is 0 Å². The summed E-state index contributed by atoms with van der Waals surface area (Å²) in [5.41, 5.74) is 3.60. The maximum atomic E-state index is 12.1. The Labute approximate surface area is 159 Å². The summed E-state index contributed by atoms with van der Waals surface area (Å²) in [5, 5.41) is 0. The van der Waals surface area contributed by atoms with Crippen LogP contribution in [-0.4, -0.2) is 23.3 Å². The van der Waals surface area contributed by atoms with Crippen molar-refractivity contribution in [1.82, 2.24) is 0 Å². The molecular weight excluding hydrogens is 355 g/mol. The average molecular weight is 377 g/mol. The standard InChI is InChI=1S/C21H22Cl2O2/c1-14(12-22)20(24)18-7-3-16(4-8-18)11-17-5-9-19(10-6-17)21(25)15(2)13-23/h3-10,14-15H,11-13H2,1-2H3. The normalized spacial score (nSPS) is 13.3. The van der Waals surface area contributed by atoms with Gasteiger partial charge in [-0.1, -0.05) is 62.4 Å². The molecular formula is C21H22Cl2O2. The third-order valence-electron chi connectivity index (χ3n) is 4.24. The van der Waals surface area contributed by atoms with E-state index < -0.39 is 0 Å². The predicted octanol–water partition coefficient (Wildman–Crippen LogP) is 5.39. The van der Waals surface area contributed by atoms with Gasteiger partial charge in [0.15, 0.2) is 11.6 Å². The number of rotatable bonds is 8. The second kappa shape index (κ2) is 9.17. The molecule has 0 saturated carbocycles. The zero-order chi connectivity index (χ0) is 18.4. The van der Waals surface area contributed by atoms with Crippen LogP contribution in [0, 0.1) is 11.8 Å². The molecule has 2 atom stereocenters. The van der Waals surface area contributed by atoms with Crippen LogP contribution in [0.25, 0.3) is 0 Å². The average Bonchev–Trinajstić information content (AvgIpc) is 2.66. The van der Waals surface area contributed by atoms with Crippen molar-refractivity contribution in [1.29, 1.82) is 0 Å². The van der Waals surface area contributed by atoms with E-state index in [1.54, 1.807) is 0 Å². The van der Waals surface area contributed by atoms with Gasteiger partial charge in [0.25, 0.3) is 0 Å². The smallest absolute Gasteiger partial charge is 0.166 e. The Morgan fingerprint density at radius 2 is 1.04 bits per heavy atom. The zero-order valence-electron chi connectivity index (χ0n) is 14.5. The fourth-order valence-corrected chi connectivity index (χ4v) is 2.80. The van der Waals surface area contributed by atoms with Crippen molar-refractivity contribution in [2.24, 2.45) is 11.8 Å². The molecule has 0 spiro atoms. The van der Waals surface area contributed by atoms with Gasteiger partial charge in [-0.3, -0.25) is 9.59 Å². The van der Waals surface area contributed by atoms with Gasteiger partial charge in [-0.25, -0.2) is 0 Å². The highest BCUT2D eigenvalue weighted by molar-refractivity contribution is 6.20. The lowest BCUT2D eigenvalue weighted by molar-refractivity contribution is 0.0934. The van der Waals surface area contributed by atoms with Gasteiger partial charge in [0.2, 0.25) is 0 Å². The van der Waals surface area contributed by atoms with E-state index >= 15 is 0 Å². The molecule has 0 heterocycles. The minimum absolute atomic E-state index is 0.0674. The Morgan fingerprint density at radius 1 is 0.720 bits per heavy atom. The molecule has 0 saturated heterocycles. The van der Waals surface area contributed by atoms with Gasteiger partial charge >= 0.3 is 0 Å². The Kier molecular flexibility index (Phi) is 7.22. The van der Waals surface area contributed by atoms with Gasteiger partial charge in [0, 0.05) is 34.7 Å². The van der Waals surface area contributed by atoms with Gasteiger partial charge in [-0.15, -0.1) is 23.2 Å². The molecule has 0 amide bonds. The van der Waals surface area contributed by atoms with E-state index in [9.17, 15) is 9.59 Å². The summed E-state index contributed by atoms with van der Waals surface area (Å²) < 4.78 is 0. The van der Waals surface area contributed by atoms with Crippen LogP contribution in [0.4, 0.5) is 0 Å². The maximum Gasteiger partial charge on any atom is 0.166 e. The number of alkyl halides is 2. The first-order valence-electron chi connectivity index (χ1n) is 8.34. The van der Waals surface area contributed by atoms with Gasteiger partial charge < -0.3 is 0 Å². The minimum Gasteiger partial charge on any atom is -0.294 e. The van der Waals surface area contributed by atoms with Gasteiger partial charge in [-0.2, -0.15) is 0 Å². The van der Waals surface area contributed by atoms with Crippen LogP contribution in [0.15, 0.2) is 48.5 Å². The first-order chi connectivity index (χ1) is 12.0. The maximum absolute atomic E-state index is 12.1. The van der Waals surface area contributed by atoms with E-state index in [4.69, 9.17) is 23.2 Å². The second-order valence-electron chi connectivity index (χ2n) is 6.41. The van der Waals surface area contributed by atoms with Crippen LogP contribution in [0.2, 0.25) is 0 Å². The molecule has 25 heavy (non-hydrogen) atoms. The molecule has 0 aliphatic heterocycles. The van der Waals surface area contributed by atoms with Crippen LogP contribution in [-0.2, 0) is 6.42 Å². The summed E-state index contributed by atoms with van der Waals surface area (Å²) in [7, 11) is 0. The lowest BCUT2D eigenvalue weighted by Crippen LogP contribution is -2.12. The van der Waals surface area contributed by atoms with Crippen molar-refractivity contribution in [3.63, 3.8) is 0 Å². The highest BCUT2D eigenvalue weighted by Crippen LogP contribution is 2.16. The number of benzene rings is 2. The van der Waals surface area contributed by atoms with Crippen molar-refractivity contribution in [3.05, 3.63) is 70.8 Å². The number of ketones is 2. The third-order valence-corrected chi connectivity index (χ3v) is 5.17. The lowest BCUT2D eigenvalue weighted by atomic mass is 9.96. The summed E-state index contributed by atoms with van der Waals surface area (Å²) in [4.78, 5) is 24.2. The van der Waals surface area contributed by atoms with Crippen LogP contribution < -0.4 is 0 Å². The van der Waals surface area contributed by atoms with Crippen LogP contribution >= 0.6 is 23.2 Å². The summed E-state index contributed by atoms with van der Waals surface area (Å²) >= 11 is 11.5. The van der Waals surface area contributed by atoms with Crippen LogP contribution in [0.5, 0.6) is 0 Å². The molecule has 2 unspecified atom stereocenters. The number of carbonyl (C=O) groups excluding carboxylic acids is 2. The molecule has 0 bridgehead atoms. The molecule has 2 aromatic rings. The number of hydrogen-bond acceptors (Lipinski definition) is 2. The van der Waals surface area contributed by atoms with Gasteiger partial charge in [-0.05, 0) is 17.5 Å². The highest BCUT2D eigenvalue weighted by Gasteiger charge is 2.15. The Morgan fingerprint density at radius 3 is 1.32 bits per heavy atom. The first-order valence-corrected chi connectivity index (χ1v) is 9.41. The number of Topliss-reactive ketones (excluding diaryl/α,β-unsaturated/α-hetero) is 2. The van der Waals surface area contributed by atoms with Gasteiger partial charge in [0.05, 0.1) is 0 Å². The van der Waals surface area contributed by atoms with Crippen molar-refractivity contribution < 1.29 is 9.59 Å². The Hall–Kier alpha value is -1.64. The van der Waals surface area contributed by atoms with Crippen LogP contribution in [0.1, 0.15) is 45.7 Å². The van der Waals surface area contributed by atoms with E-state index in [-0.39, 0.29) is 23.4 Å². The number of carbonyl (C=O) groups is 2. The Bertz CT molecular complexity index is 657. The largest absolute Gasteiger partial charge is 0.294 e. The van der Waals surface area contributed by atoms with E-state index in [0.29, 0.717) is 22.9 Å². The molecule has 2 rings (SSSR count). The molecule has 4 heteroatoms. The van der Waals surface area contributed by atoms with E-state index in [2.05, 4.69) is 0 Å². The van der Waals surface area contributed by atoms with E-state index in [1.165, 1.54) is 0 Å². The fraction of sp³-hybridized carbons (Fsp3) is 0.333. The molecule has 132 valence electrons. The van der Waals surface area contributed by atoms with Crippen molar-refractivity contribution in [3.8, 4) is 0 Å². The Balaban J connectivity index is 2.05. The monoisotopic (exact) mass is 376 g/mol. The summed E-state index contributed by atoms with van der Waals surface area (Å²) in [6.07, 6.45) is 0.749. The first kappa shape index (κ1) is 19.7.